The smallest absolute Gasteiger partial charge is 0.250 e. The van der Waals surface area contributed by atoms with E-state index in [9.17, 15) is 4.79 Å². The number of nitrogens with zero attached hydrogens (tertiary/aromatic N) is 4. The highest BCUT2D eigenvalue weighted by molar-refractivity contribution is 5.92. The van der Waals surface area contributed by atoms with Gasteiger partial charge < -0.3 is 5.32 Å². The molecule has 0 aromatic carbocycles. The van der Waals surface area contributed by atoms with Crippen LogP contribution in [0.3, 0.4) is 0 Å². The van der Waals surface area contributed by atoms with Crippen LogP contribution in [0.15, 0.2) is 37.1 Å². The molecule has 1 unspecified atom stereocenters. The highest BCUT2D eigenvalue weighted by atomic mass is 16.2. The van der Waals surface area contributed by atoms with E-state index in [4.69, 9.17) is 0 Å². The summed E-state index contributed by atoms with van der Waals surface area (Å²) in [5, 5.41) is 6.59. The lowest BCUT2D eigenvalue weighted by molar-refractivity contribution is -0.119. The lowest BCUT2D eigenvalue weighted by Crippen LogP contribution is -2.24. The number of aromatic nitrogens is 4. The van der Waals surface area contributed by atoms with Crippen LogP contribution in [-0.2, 0) is 4.79 Å². The van der Waals surface area contributed by atoms with Gasteiger partial charge in [0, 0.05) is 6.20 Å². The molecule has 0 saturated heterocycles. The van der Waals surface area contributed by atoms with Gasteiger partial charge in [-0.2, -0.15) is 5.10 Å². The lowest BCUT2D eigenvalue weighted by atomic mass is 10.3. The Bertz CT molecular complexity index is 453. The Hall–Kier alpha value is -2.24. The second kappa shape index (κ2) is 4.52. The molecular formula is C10H11N5O. The van der Waals surface area contributed by atoms with Gasteiger partial charge in [0.1, 0.15) is 24.5 Å². The van der Waals surface area contributed by atoms with Crippen molar-refractivity contribution in [3.63, 3.8) is 0 Å². The average molecular weight is 217 g/mol. The quantitative estimate of drug-likeness (QED) is 0.828. The molecule has 1 atom stereocenters. The first-order valence-corrected chi connectivity index (χ1v) is 4.83. The van der Waals surface area contributed by atoms with Crippen molar-refractivity contribution in [2.24, 2.45) is 0 Å². The number of pyridine rings is 1. The molecule has 6 nitrogen and oxygen atoms in total. The third-order valence-corrected chi connectivity index (χ3v) is 2.13. The Balaban J connectivity index is 2.04. The van der Waals surface area contributed by atoms with Gasteiger partial charge in [0.25, 0.3) is 0 Å². The van der Waals surface area contributed by atoms with Crippen molar-refractivity contribution in [2.75, 3.05) is 5.32 Å². The zero-order chi connectivity index (χ0) is 11.4. The Kier molecular flexibility index (Phi) is 2.90. The van der Waals surface area contributed by atoms with E-state index in [1.54, 1.807) is 25.3 Å². The van der Waals surface area contributed by atoms with E-state index >= 15 is 0 Å². The molecule has 2 heterocycles. The van der Waals surface area contributed by atoms with Crippen molar-refractivity contribution in [1.82, 2.24) is 19.7 Å². The number of hydrogen-bond donors (Lipinski definition) is 1. The molecule has 82 valence electrons. The van der Waals surface area contributed by atoms with Gasteiger partial charge in [0.2, 0.25) is 5.91 Å². The zero-order valence-electron chi connectivity index (χ0n) is 8.74. The normalized spacial score (nSPS) is 12.1. The molecule has 2 rings (SSSR count). The van der Waals surface area contributed by atoms with E-state index in [1.807, 2.05) is 6.07 Å². The average Bonchev–Trinajstić information content (AvgIpc) is 2.83. The number of nitrogens with one attached hydrogen (secondary N) is 1. The van der Waals surface area contributed by atoms with Crippen LogP contribution in [0.4, 0.5) is 5.82 Å². The molecular weight excluding hydrogens is 206 g/mol. The summed E-state index contributed by atoms with van der Waals surface area (Å²) in [5.74, 6) is 0.351. The van der Waals surface area contributed by atoms with Crippen molar-refractivity contribution < 1.29 is 4.79 Å². The molecule has 2 aromatic heterocycles. The molecule has 0 aliphatic rings. The Morgan fingerprint density at radius 1 is 1.50 bits per heavy atom. The number of anilines is 1. The van der Waals surface area contributed by atoms with Gasteiger partial charge in [-0.15, -0.1) is 0 Å². The van der Waals surface area contributed by atoms with Crippen molar-refractivity contribution in [2.45, 2.75) is 13.0 Å². The van der Waals surface area contributed by atoms with E-state index in [2.05, 4.69) is 20.4 Å². The SMILES string of the molecule is CC(C(=O)Nc1ccccn1)n1cncn1. The van der Waals surface area contributed by atoms with Gasteiger partial charge in [-0.3, -0.25) is 4.79 Å². The topological polar surface area (TPSA) is 72.7 Å². The van der Waals surface area contributed by atoms with Gasteiger partial charge in [-0.1, -0.05) is 6.07 Å². The number of hydrogen-bond acceptors (Lipinski definition) is 4. The molecule has 0 aliphatic carbocycles. The first-order chi connectivity index (χ1) is 7.77. The van der Waals surface area contributed by atoms with Gasteiger partial charge in [-0.25, -0.2) is 14.6 Å². The summed E-state index contributed by atoms with van der Waals surface area (Å²) in [7, 11) is 0. The fraction of sp³-hybridized carbons (Fsp3) is 0.200. The van der Waals surface area contributed by atoms with Crippen molar-refractivity contribution >= 4 is 11.7 Å². The lowest BCUT2D eigenvalue weighted by Gasteiger charge is -2.10. The molecule has 0 spiro atoms. The standard InChI is InChI=1S/C10H11N5O/c1-8(15-7-11-6-13-15)10(16)14-9-4-2-3-5-12-9/h2-8H,1H3,(H,12,14,16). The van der Waals surface area contributed by atoms with E-state index in [-0.39, 0.29) is 5.91 Å². The number of amides is 1. The van der Waals surface area contributed by atoms with Crippen LogP contribution in [0.5, 0.6) is 0 Å². The highest BCUT2D eigenvalue weighted by Crippen LogP contribution is 2.07. The van der Waals surface area contributed by atoms with E-state index < -0.39 is 6.04 Å². The minimum atomic E-state index is -0.412. The molecule has 0 radical (unpaired) electrons. The van der Waals surface area contributed by atoms with E-state index in [0.29, 0.717) is 5.82 Å². The largest absolute Gasteiger partial charge is 0.309 e. The molecule has 0 bridgehead atoms. The minimum absolute atomic E-state index is 0.177. The highest BCUT2D eigenvalue weighted by Gasteiger charge is 2.15. The van der Waals surface area contributed by atoms with Crippen molar-refractivity contribution in [3.05, 3.63) is 37.1 Å². The Morgan fingerprint density at radius 2 is 2.38 bits per heavy atom. The van der Waals surface area contributed by atoms with Crippen LogP contribution >= 0.6 is 0 Å². The van der Waals surface area contributed by atoms with Gasteiger partial charge in [-0.05, 0) is 19.1 Å². The fourth-order valence-corrected chi connectivity index (χ4v) is 1.20. The molecule has 0 aliphatic heterocycles. The first kappa shape index (κ1) is 10.3. The van der Waals surface area contributed by atoms with Crippen LogP contribution in [0.25, 0.3) is 0 Å². The first-order valence-electron chi connectivity index (χ1n) is 4.83. The minimum Gasteiger partial charge on any atom is -0.309 e. The van der Waals surface area contributed by atoms with Crippen LogP contribution < -0.4 is 5.32 Å². The van der Waals surface area contributed by atoms with E-state index in [1.165, 1.54) is 17.3 Å². The summed E-state index contributed by atoms with van der Waals surface area (Å²) < 4.78 is 1.48. The maximum atomic E-state index is 11.8. The van der Waals surface area contributed by atoms with E-state index in [0.717, 1.165) is 0 Å². The third-order valence-electron chi connectivity index (χ3n) is 2.13. The second-order valence-corrected chi connectivity index (χ2v) is 3.26. The second-order valence-electron chi connectivity index (χ2n) is 3.26. The van der Waals surface area contributed by atoms with Crippen molar-refractivity contribution in [3.8, 4) is 0 Å². The predicted molar refractivity (Wildman–Crippen MR) is 57.6 cm³/mol. The van der Waals surface area contributed by atoms with Gasteiger partial charge >= 0.3 is 0 Å². The van der Waals surface area contributed by atoms with Gasteiger partial charge in [0.15, 0.2) is 0 Å². The van der Waals surface area contributed by atoms with Crippen LogP contribution in [0.2, 0.25) is 0 Å². The zero-order valence-corrected chi connectivity index (χ0v) is 8.74. The molecule has 0 fully saturated rings. The number of carbonyl (C=O) groups is 1. The van der Waals surface area contributed by atoms with Crippen LogP contribution in [0, 0.1) is 0 Å². The Morgan fingerprint density at radius 3 is 3.00 bits per heavy atom. The summed E-state index contributed by atoms with van der Waals surface area (Å²) in [6.45, 7) is 1.74. The fourth-order valence-electron chi connectivity index (χ4n) is 1.20. The summed E-state index contributed by atoms with van der Waals surface area (Å²) in [5.41, 5.74) is 0. The van der Waals surface area contributed by atoms with Crippen LogP contribution in [0.1, 0.15) is 13.0 Å². The number of carbonyl (C=O) groups excluding carboxylic acids is 1. The maximum Gasteiger partial charge on any atom is 0.250 e. The molecule has 2 aromatic rings. The molecule has 1 amide bonds. The van der Waals surface area contributed by atoms with Gasteiger partial charge in [0.05, 0.1) is 0 Å². The molecule has 16 heavy (non-hydrogen) atoms. The summed E-state index contributed by atoms with van der Waals surface area (Å²) >= 11 is 0. The summed E-state index contributed by atoms with van der Waals surface area (Å²) in [4.78, 5) is 19.6. The Labute approximate surface area is 92.3 Å². The number of rotatable bonds is 3. The predicted octanol–water partition coefficient (Wildman–Crippen LogP) is 0.873. The monoisotopic (exact) mass is 217 g/mol. The molecule has 1 N–H and O–H groups in total. The summed E-state index contributed by atoms with van der Waals surface area (Å²) in [6, 6.07) is 4.91. The van der Waals surface area contributed by atoms with Crippen molar-refractivity contribution in [1.29, 1.82) is 0 Å². The maximum absolute atomic E-state index is 11.8. The molecule has 6 heteroatoms. The third kappa shape index (κ3) is 2.22. The summed E-state index contributed by atoms with van der Waals surface area (Å²) in [6.07, 6.45) is 4.52. The molecule has 0 saturated carbocycles. The van der Waals surface area contributed by atoms with Crippen LogP contribution in [-0.4, -0.2) is 25.7 Å².